The summed E-state index contributed by atoms with van der Waals surface area (Å²) < 4.78 is 5.49. The zero-order valence-electron chi connectivity index (χ0n) is 8.94. The van der Waals surface area contributed by atoms with Gasteiger partial charge in [0.2, 0.25) is 0 Å². The molecule has 1 aromatic rings. The Bertz CT molecular complexity index is 337. The van der Waals surface area contributed by atoms with E-state index in [-0.39, 0.29) is 0 Å². The molecule has 15 heavy (non-hydrogen) atoms. The molecule has 0 saturated heterocycles. The van der Waals surface area contributed by atoms with E-state index < -0.39 is 6.10 Å². The third kappa shape index (κ3) is 4.05. The fourth-order valence-electron chi connectivity index (χ4n) is 1.23. The molecule has 0 heterocycles. The highest BCUT2D eigenvalue weighted by Crippen LogP contribution is 2.18. The van der Waals surface area contributed by atoms with Crippen molar-refractivity contribution in [3.8, 4) is 18.1 Å². The molecule has 0 fully saturated rings. The molecular weight excluding hydrogens is 188 g/mol. The Hall–Kier alpha value is -1.46. The van der Waals surface area contributed by atoms with Crippen LogP contribution in [-0.4, -0.2) is 11.7 Å². The molecule has 2 heteroatoms. The van der Waals surface area contributed by atoms with Crippen molar-refractivity contribution in [2.45, 2.75) is 25.9 Å². The van der Waals surface area contributed by atoms with Crippen LogP contribution in [0, 0.1) is 12.3 Å². The molecule has 0 aliphatic rings. The van der Waals surface area contributed by atoms with Crippen molar-refractivity contribution in [2.24, 2.45) is 0 Å². The zero-order valence-corrected chi connectivity index (χ0v) is 8.94. The molecule has 0 spiro atoms. The van der Waals surface area contributed by atoms with E-state index in [1.807, 2.05) is 24.3 Å². The molecule has 1 N–H and O–H groups in total. The summed E-state index contributed by atoms with van der Waals surface area (Å²) in [5, 5.41) is 9.38. The fraction of sp³-hybridized carbons (Fsp3) is 0.385. The standard InChI is InChI=1S/C13H16O2/c1-3-4-5-9-15-13-8-6-7-12(10-13)11(2)14/h1,6-8,10-11,14H,4-5,9H2,2H3/t11-/m0/s1. The van der Waals surface area contributed by atoms with Gasteiger partial charge in [0, 0.05) is 6.42 Å². The predicted molar refractivity (Wildman–Crippen MR) is 60.6 cm³/mol. The number of aliphatic hydroxyl groups is 1. The first-order valence-corrected chi connectivity index (χ1v) is 5.08. The number of benzene rings is 1. The first kappa shape index (κ1) is 11.6. The van der Waals surface area contributed by atoms with Crippen molar-refractivity contribution in [2.75, 3.05) is 6.61 Å². The molecule has 1 atom stereocenters. The first-order valence-electron chi connectivity index (χ1n) is 5.08. The minimum Gasteiger partial charge on any atom is -0.494 e. The van der Waals surface area contributed by atoms with Crippen LogP contribution in [0.1, 0.15) is 31.4 Å². The molecular formula is C13H16O2. The smallest absolute Gasteiger partial charge is 0.119 e. The van der Waals surface area contributed by atoms with Crippen molar-refractivity contribution in [3.63, 3.8) is 0 Å². The van der Waals surface area contributed by atoms with Gasteiger partial charge in [0.15, 0.2) is 0 Å². The average molecular weight is 204 g/mol. The summed E-state index contributed by atoms with van der Waals surface area (Å²) >= 11 is 0. The van der Waals surface area contributed by atoms with Crippen molar-refractivity contribution < 1.29 is 9.84 Å². The molecule has 0 aliphatic heterocycles. The SMILES string of the molecule is C#CCCCOc1cccc([C@H](C)O)c1. The van der Waals surface area contributed by atoms with Crippen LogP contribution in [0.4, 0.5) is 0 Å². The van der Waals surface area contributed by atoms with Gasteiger partial charge < -0.3 is 9.84 Å². The van der Waals surface area contributed by atoms with Crippen LogP contribution in [-0.2, 0) is 0 Å². The normalized spacial score (nSPS) is 11.8. The molecule has 1 aromatic carbocycles. The highest BCUT2D eigenvalue weighted by molar-refractivity contribution is 5.29. The predicted octanol–water partition coefficient (Wildman–Crippen LogP) is 2.53. The number of rotatable bonds is 5. The van der Waals surface area contributed by atoms with Crippen molar-refractivity contribution in [1.82, 2.24) is 0 Å². The van der Waals surface area contributed by atoms with Gasteiger partial charge in [-0.2, -0.15) is 0 Å². The highest BCUT2D eigenvalue weighted by atomic mass is 16.5. The van der Waals surface area contributed by atoms with Gasteiger partial charge in [-0.25, -0.2) is 0 Å². The number of unbranched alkanes of at least 4 members (excludes halogenated alkanes) is 1. The minimum absolute atomic E-state index is 0.459. The van der Waals surface area contributed by atoms with Gasteiger partial charge in [-0.1, -0.05) is 12.1 Å². The van der Waals surface area contributed by atoms with Gasteiger partial charge in [-0.15, -0.1) is 12.3 Å². The molecule has 2 nitrogen and oxygen atoms in total. The zero-order chi connectivity index (χ0) is 11.1. The van der Waals surface area contributed by atoms with Gasteiger partial charge in [0.05, 0.1) is 12.7 Å². The molecule has 1 rings (SSSR count). The van der Waals surface area contributed by atoms with Gasteiger partial charge in [0.25, 0.3) is 0 Å². The van der Waals surface area contributed by atoms with Crippen molar-refractivity contribution in [3.05, 3.63) is 29.8 Å². The van der Waals surface area contributed by atoms with Crippen LogP contribution >= 0.6 is 0 Å². The lowest BCUT2D eigenvalue weighted by molar-refractivity contribution is 0.198. The number of terminal acetylenes is 1. The third-order valence-corrected chi connectivity index (χ3v) is 2.07. The Morgan fingerprint density at radius 1 is 1.53 bits per heavy atom. The second-order valence-corrected chi connectivity index (χ2v) is 3.40. The number of ether oxygens (including phenoxy) is 1. The van der Waals surface area contributed by atoms with Crippen molar-refractivity contribution >= 4 is 0 Å². The van der Waals surface area contributed by atoms with Gasteiger partial charge in [-0.05, 0) is 31.0 Å². The summed E-state index contributed by atoms with van der Waals surface area (Å²) in [5.74, 6) is 3.35. The molecule has 0 amide bonds. The van der Waals surface area contributed by atoms with E-state index in [9.17, 15) is 5.11 Å². The maximum Gasteiger partial charge on any atom is 0.119 e. The second kappa shape index (κ2) is 6.10. The van der Waals surface area contributed by atoms with Gasteiger partial charge in [-0.3, -0.25) is 0 Å². The van der Waals surface area contributed by atoms with E-state index in [0.29, 0.717) is 6.61 Å². The van der Waals surface area contributed by atoms with Crippen LogP contribution < -0.4 is 4.74 Å². The minimum atomic E-state index is -0.459. The number of hydrogen-bond acceptors (Lipinski definition) is 2. The fourth-order valence-corrected chi connectivity index (χ4v) is 1.23. The third-order valence-electron chi connectivity index (χ3n) is 2.07. The topological polar surface area (TPSA) is 29.5 Å². The molecule has 0 saturated carbocycles. The highest BCUT2D eigenvalue weighted by Gasteiger charge is 2.01. The van der Waals surface area contributed by atoms with E-state index in [1.165, 1.54) is 0 Å². The lowest BCUT2D eigenvalue weighted by Crippen LogP contribution is -1.98. The Balaban J connectivity index is 2.48. The van der Waals surface area contributed by atoms with Crippen LogP contribution in [0.2, 0.25) is 0 Å². The Morgan fingerprint density at radius 2 is 2.33 bits per heavy atom. The van der Waals surface area contributed by atoms with Crippen LogP contribution in [0.3, 0.4) is 0 Å². The average Bonchev–Trinajstić information content (AvgIpc) is 2.25. The lowest BCUT2D eigenvalue weighted by atomic mass is 10.1. The summed E-state index contributed by atoms with van der Waals surface area (Å²) in [6.07, 6.45) is 6.26. The molecule has 0 aromatic heterocycles. The molecule has 0 radical (unpaired) electrons. The Morgan fingerprint density at radius 3 is 3.00 bits per heavy atom. The van der Waals surface area contributed by atoms with Crippen LogP contribution in [0.25, 0.3) is 0 Å². The van der Waals surface area contributed by atoms with E-state index in [2.05, 4.69) is 5.92 Å². The van der Waals surface area contributed by atoms with Gasteiger partial charge >= 0.3 is 0 Å². The monoisotopic (exact) mass is 204 g/mol. The summed E-state index contributed by atoms with van der Waals surface area (Å²) in [6.45, 7) is 2.35. The summed E-state index contributed by atoms with van der Waals surface area (Å²) in [6, 6.07) is 7.47. The first-order chi connectivity index (χ1) is 7.24. The quantitative estimate of drug-likeness (QED) is 0.590. The molecule has 0 aliphatic carbocycles. The van der Waals surface area contributed by atoms with E-state index in [1.54, 1.807) is 6.92 Å². The number of aliphatic hydroxyl groups excluding tert-OH is 1. The maximum absolute atomic E-state index is 9.38. The number of hydrogen-bond donors (Lipinski definition) is 1. The molecule has 0 unspecified atom stereocenters. The second-order valence-electron chi connectivity index (χ2n) is 3.40. The summed E-state index contributed by atoms with van der Waals surface area (Å²) in [7, 11) is 0. The molecule has 80 valence electrons. The van der Waals surface area contributed by atoms with Crippen LogP contribution in [0.15, 0.2) is 24.3 Å². The van der Waals surface area contributed by atoms with Crippen LogP contribution in [0.5, 0.6) is 5.75 Å². The summed E-state index contributed by atoms with van der Waals surface area (Å²) in [4.78, 5) is 0. The lowest BCUT2D eigenvalue weighted by Gasteiger charge is -2.08. The Labute approximate surface area is 90.9 Å². The molecule has 0 bridgehead atoms. The largest absolute Gasteiger partial charge is 0.494 e. The van der Waals surface area contributed by atoms with E-state index in [0.717, 1.165) is 24.2 Å². The van der Waals surface area contributed by atoms with E-state index >= 15 is 0 Å². The maximum atomic E-state index is 9.38. The van der Waals surface area contributed by atoms with Gasteiger partial charge in [0.1, 0.15) is 5.75 Å². The summed E-state index contributed by atoms with van der Waals surface area (Å²) in [5.41, 5.74) is 0.865. The van der Waals surface area contributed by atoms with E-state index in [4.69, 9.17) is 11.2 Å². The van der Waals surface area contributed by atoms with Crippen molar-refractivity contribution in [1.29, 1.82) is 0 Å². The Kier molecular flexibility index (Phi) is 4.73.